The van der Waals surface area contributed by atoms with Gasteiger partial charge in [0, 0.05) is 16.6 Å². The van der Waals surface area contributed by atoms with Crippen molar-refractivity contribution in [3.63, 3.8) is 0 Å². The van der Waals surface area contributed by atoms with Crippen LogP contribution in [0, 0.1) is 0 Å². The maximum absolute atomic E-state index is 5.84. The number of aromatic nitrogens is 2. The molecule has 0 amide bonds. The smallest absolute Gasteiger partial charge is 0.236 e. The van der Waals surface area contributed by atoms with Crippen LogP contribution in [0.5, 0.6) is 0 Å². The minimum atomic E-state index is 0.236. The highest BCUT2D eigenvalue weighted by atomic mass is 35.5. The minimum Gasteiger partial charge on any atom is -0.338 e. The summed E-state index contributed by atoms with van der Waals surface area (Å²) in [5, 5.41) is 4.66. The Morgan fingerprint density at radius 2 is 2.11 bits per heavy atom. The summed E-state index contributed by atoms with van der Waals surface area (Å²) in [6, 6.07) is 7.61. The van der Waals surface area contributed by atoms with Crippen LogP contribution in [-0.4, -0.2) is 21.9 Å². The molecule has 0 fully saturated rings. The Morgan fingerprint density at radius 3 is 2.79 bits per heavy atom. The van der Waals surface area contributed by atoms with E-state index >= 15 is 0 Å². The first-order valence-electron chi connectivity index (χ1n) is 6.07. The summed E-state index contributed by atoms with van der Waals surface area (Å²) >= 11 is 7.58. The molecule has 0 aliphatic heterocycles. The summed E-state index contributed by atoms with van der Waals surface area (Å²) in [6.45, 7) is 2.01. The molecule has 6 heteroatoms. The van der Waals surface area contributed by atoms with E-state index in [1.807, 2.05) is 31.2 Å². The Bertz CT molecular complexity index is 513. The van der Waals surface area contributed by atoms with Gasteiger partial charge >= 0.3 is 0 Å². The first kappa shape index (κ1) is 14.4. The first-order valence-corrected chi connectivity index (χ1v) is 7.60. The Balaban J connectivity index is 1.90. The molecule has 1 heterocycles. The number of nitrogens with zero attached hydrogens (tertiary/aromatic N) is 2. The van der Waals surface area contributed by atoms with Gasteiger partial charge in [0.1, 0.15) is 0 Å². The minimum absolute atomic E-state index is 0.236. The number of hydrogen-bond acceptors (Lipinski definition) is 5. The summed E-state index contributed by atoms with van der Waals surface area (Å²) in [6.07, 6.45) is 0.989. The monoisotopic (exact) mass is 297 g/mol. The maximum Gasteiger partial charge on any atom is 0.236 e. The molecule has 0 aliphatic rings. The molecule has 19 heavy (non-hydrogen) atoms. The normalized spacial score (nSPS) is 12.6. The molecule has 0 spiro atoms. The highest BCUT2D eigenvalue weighted by Crippen LogP contribution is 2.20. The largest absolute Gasteiger partial charge is 0.338 e. The summed E-state index contributed by atoms with van der Waals surface area (Å²) in [7, 11) is 0. The Labute approximate surface area is 121 Å². The number of hydrogen-bond donors (Lipinski definition) is 1. The van der Waals surface area contributed by atoms with Crippen LogP contribution in [0.3, 0.4) is 0 Å². The molecular formula is C13H16ClN3OS. The molecule has 1 unspecified atom stereocenters. The van der Waals surface area contributed by atoms with Gasteiger partial charge in [-0.25, -0.2) is 0 Å². The number of thioether (sulfide) groups is 1. The number of halogens is 1. The maximum atomic E-state index is 5.84. The Hall–Kier alpha value is -1.04. The fourth-order valence-electron chi connectivity index (χ4n) is 1.46. The van der Waals surface area contributed by atoms with Crippen LogP contribution in [0.4, 0.5) is 0 Å². The van der Waals surface area contributed by atoms with Crippen molar-refractivity contribution in [2.45, 2.75) is 25.1 Å². The zero-order valence-electron chi connectivity index (χ0n) is 10.7. The number of benzene rings is 1. The van der Waals surface area contributed by atoms with Gasteiger partial charge in [-0.15, -0.1) is 0 Å². The van der Waals surface area contributed by atoms with Crippen LogP contribution in [0.25, 0.3) is 11.4 Å². The highest BCUT2D eigenvalue weighted by molar-refractivity contribution is 7.98. The molecular weight excluding hydrogens is 282 g/mol. The van der Waals surface area contributed by atoms with Crippen molar-refractivity contribution in [3.8, 4) is 11.4 Å². The predicted octanol–water partition coefficient (Wildman–Crippen LogP) is 3.36. The number of rotatable bonds is 6. The zero-order valence-corrected chi connectivity index (χ0v) is 12.2. The van der Waals surface area contributed by atoms with Gasteiger partial charge in [0.05, 0.1) is 5.75 Å². The molecule has 2 aromatic rings. The van der Waals surface area contributed by atoms with Crippen molar-refractivity contribution in [2.75, 3.05) is 5.75 Å². The molecule has 2 rings (SSSR count). The van der Waals surface area contributed by atoms with Gasteiger partial charge in [0.25, 0.3) is 0 Å². The van der Waals surface area contributed by atoms with E-state index in [9.17, 15) is 0 Å². The molecule has 1 aromatic carbocycles. The van der Waals surface area contributed by atoms with E-state index in [0.29, 0.717) is 22.5 Å². The van der Waals surface area contributed by atoms with E-state index in [0.717, 1.165) is 17.7 Å². The van der Waals surface area contributed by atoms with Crippen LogP contribution < -0.4 is 5.73 Å². The van der Waals surface area contributed by atoms with Crippen molar-refractivity contribution in [1.29, 1.82) is 0 Å². The van der Waals surface area contributed by atoms with Crippen molar-refractivity contribution in [1.82, 2.24) is 10.1 Å². The lowest BCUT2D eigenvalue weighted by atomic mass is 10.2. The van der Waals surface area contributed by atoms with Gasteiger partial charge in [-0.2, -0.15) is 16.7 Å². The van der Waals surface area contributed by atoms with Gasteiger partial charge in [0.15, 0.2) is 0 Å². The van der Waals surface area contributed by atoms with Crippen molar-refractivity contribution < 1.29 is 4.52 Å². The van der Waals surface area contributed by atoms with Crippen LogP contribution in [-0.2, 0) is 5.75 Å². The summed E-state index contributed by atoms with van der Waals surface area (Å²) in [4.78, 5) is 4.35. The fourth-order valence-corrected chi connectivity index (χ4v) is 2.56. The second-order valence-corrected chi connectivity index (χ2v) is 5.88. The molecule has 0 saturated heterocycles. The van der Waals surface area contributed by atoms with E-state index in [2.05, 4.69) is 10.1 Å². The van der Waals surface area contributed by atoms with Gasteiger partial charge in [0.2, 0.25) is 11.7 Å². The Morgan fingerprint density at radius 1 is 1.37 bits per heavy atom. The molecule has 0 aliphatic carbocycles. The number of nitrogens with two attached hydrogens (primary N) is 1. The lowest BCUT2D eigenvalue weighted by Gasteiger charge is -2.01. The van der Waals surface area contributed by atoms with Gasteiger partial charge in [-0.3, -0.25) is 0 Å². The van der Waals surface area contributed by atoms with Crippen molar-refractivity contribution in [3.05, 3.63) is 35.2 Å². The predicted molar refractivity (Wildman–Crippen MR) is 79.2 cm³/mol. The van der Waals surface area contributed by atoms with E-state index < -0.39 is 0 Å². The van der Waals surface area contributed by atoms with E-state index in [1.165, 1.54) is 0 Å². The first-order chi connectivity index (χ1) is 9.15. The van der Waals surface area contributed by atoms with Crippen molar-refractivity contribution in [2.24, 2.45) is 5.73 Å². The SMILES string of the molecule is CC(N)CCSCc1nc(-c2ccc(Cl)cc2)no1. The van der Waals surface area contributed by atoms with E-state index in [4.69, 9.17) is 21.9 Å². The molecule has 0 saturated carbocycles. The topological polar surface area (TPSA) is 64.9 Å². The molecule has 1 aromatic heterocycles. The van der Waals surface area contributed by atoms with Gasteiger partial charge in [-0.05, 0) is 43.4 Å². The third-order valence-corrected chi connectivity index (χ3v) is 3.74. The fraction of sp³-hybridized carbons (Fsp3) is 0.385. The molecule has 1 atom stereocenters. The average Bonchev–Trinajstić information content (AvgIpc) is 2.84. The second-order valence-electron chi connectivity index (χ2n) is 4.34. The highest BCUT2D eigenvalue weighted by Gasteiger charge is 2.08. The zero-order chi connectivity index (χ0) is 13.7. The lowest BCUT2D eigenvalue weighted by molar-refractivity contribution is 0.391. The molecule has 4 nitrogen and oxygen atoms in total. The van der Waals surface area contributed by atoms with E-state index in [-0.39, 0.29) is 6.04 Å². The lowest BCUT2D eigenvalue weighted by Crippen LogP contribution is -2.15. The third kappa shape index (κ3) is 4.53. The molecule has 0 bridgehead atoms. The van der Waals surface area contributed by atoms with Gasteiger partial charge in [-0.1, -0.05) is 16.8 Å². The third-order valence-electron chi connectivity index (χ3n) is 2.51. The molecule has 0 radical (unpaired) electrons. The van der Waals surface area contributed by atoms with Crippen molar-refractivity contribution >= 4 is 23.4 Å². The van der Waals surface area contributed by atoms with Crippen LogP contribution in [0.15, 0.2) is 28.8 Å². The van der Waals surface area contributed by atoms with Crippen LogP contribution in [0.2, 0.25) is 5.02 Å². The molecule has 102 valence electrons. The van der Waals surface area contributed by atoms with Crippen LogP contribution >= 0.6 is 23.4 Å². The summed E-state index contributed by atoms with van der Waals surface area (Å²) in [5.41, 5.74) is 6.59. The molecule has 2 N–H and O–H groups in total. The van der Waals surface area contributed by atoms with Gasteiger partial charge < -0.3 is 10.3 Å². The average molecular weight is 298 g/mol. The van der Waals surface area contributed by atoms with E-state index in [1.54, 1.807) is 11.8 Å². The quantitative estimate of drug-likeness (QED) is 0.828. The standard InChI is InChI=1S/C13H16ClN3OS/c1-9(15)6-7-19-8-12-16-13(17-18-12)10-2-4-11(14)5-3-10/h2-5,9H,6-8,15H2,1H3. The second kappa shape index (κ2) is 6.93. The summed E-state index contributed by atoms with van der Waals surface area (Å²) < 4.78 is 5.21. The summed E-state index contributed by atoms with van der Waals surface area (Å²) in [5.74, 6) is 2.95. The Kier molecular flexibility index (Phi) is 5.24. The van der Waals surface area contributed by atoms with Crippen LogP contribution in [0.1, 0.15) is 19.2 Å².